The summed E-state index contributed by atoms with van der Waals surface area (Å²) in [7, 11) is 0. The Hall–Kier alpha value is -1.55. The Labute approximate surface area is 117 Å². The van der Waals surface area contributed by atoms with Gasteiger partial charge in [0.15, 0.2) is 0 Å². The molecule has 4 nitrogen and oxygen atoms in total. The van der Waals surface area contributed by atoms with Gasteiger partial charge in [0.2, 0.25) is 5.91 Å². The highest BCUT2D eigenvalue weighted by Gasteiger charge is 2.26. The highest BCUT2D eigenvalue weighted by atomic mass is 35.5. The van der Waals surface area contributed by atoms with E-state index in [1.807, 2.05) is 18.2 Å². The van der Waals surface area contributed by atoms with Gasteiger partial charge in [0.25, 0.3) is 0 Å². The molecule has 0 saturated carbocycles. The molecule has 19 heavy (non-hydrogen) atoms. The molecular formula is C14H17ClN2O2. The second kappa shape index (κ2) is 6.57. The van der Waals surface area contributed by atoms with Crippen LogP contribution in [-0.4, -0.2) is 35.8 Å². The summed E-state index contributed by atoms with van der Waals surface area (Å²) in [4.78, 5) is 24.0. The lowest BCUT2D eigenvalue weighted by atomic mass is 9.98. The molecule has 1 unspecified atom stereocenters. The molecule has 1 aromatic rings. The highest BCUT2D eigenvalue weighted by molar-refractivity contribution is 6.18. The van der Waals surface area contributed by atoms with E-state index in [1.54, 1.807) is 0 Å². The number of carbonyl (C=O) groups is 2. The van der Waals surface area contributed by atoms with Crippen LogP contribution in [0.25, 0.3) is 0 Å². The van der Waals surface area contributed by atoms with Crippen molar-refractivity contribution >= 4 is 23.5 Å². The molecule has 1 fully saturated rings. The molecule has 3 amide bonds. The van der Waals surface area contributed by atoms with E-state index in [2.05, 4.69) is 17.4 Å². The van der Waals surface area contributed by atoms with Crippen molar-refractivity contribution in [1.82, 2.24) is 10.2 Å². The normalized spacial score (nSPS) is 16.6. The zero-order valence-electron chi connectivity index (χ0n) is 10.6. The number of benzene rings is 1. The molecule has 1 N–H and O–H groups in total. The Kier molecular flexibility index (Phi) is 4.80. The average Bonchev–Trinajstić information content (AvgIpc) is 2.74. The summed E-state index contributed by atoms with van der Waals surface area (Å²) in [5, 5.41) is 2.27. The van der Waals surface area contributed by atoms with Crippen molar-refractivity contribution in [2.24, 2.45) is 5.92 Å². The quantitative estimate of drug-likeness (QED) is 0.640. The molecular weight excluding hydrogens is 264 g/mol. The maximum atomic E-state index is 11.4. The summed E-state index contributed by atoms with van der Waals surface area (Å²) in [5.74, 6) is 0.640. The molecule has 1 aromatic carbocycles. The lowest BCUT2D eigenvalue weighted by Gasteiger charge is -2.18. The van der Waals surface area contributed by atoms with E-state index in [4.69, 9.17) is 11.6 Å². The van der Waals surface area contributed by atoms with Crippen molar-refractivity contribution in [1.29, 1.82) is 0 Å². The maximum absolute atomic E-state index is 11.4. The molecule has 102 valence electrons. The van der Waals surface area contributed by atoms with Gasteiger partial charge in [0.1, 0.15) is 6.54 Å². The molecule has 1 aliphatic heterocycles. The van der Waals surface area contributed by atoms with Crippen molar-refractivity contribution in [3.63, 3.8) is 0 Å². The van der Waals surface area contributed by atoms with E-state index in [0.717, 1.165) is 12.8 Å². The van der Waals surface area contributed by atoms with Crippen molar-refractivity contribution in [3.05, 3.63) is 35.9 Å². The van der Waals surface area contributed by atoms with Gasteiger partial charge < -0.3 is 4.90 Å². The molecule has 0 bridgehead atoms. The number of nitrogens with one attached hydrogen (secondary N) is 1. The fourth-order valence-corrected chi connectivity index (χ4v) is 2.45. The number of carbonyl (C=O) groups excluding carboxylic acids is 2. The van der Waals surface area contributed by atoms with Crippen molar-refractivity contribution in [2.45, 2.75) is 12.8 Å². The van der Waals surface area contributed by atoms with Crippen LogP contribution in [0.5, 0.6) is 0 Å². The highest BCUT2D eigenvalue weighted by Crippen LogP contribution is 2.15. The number of alkyl halides is 1. The number of urea groups is 1. The first-order chi connectivity index (χ1) is 9.19. The van der Waals surface area contributed by atoms with Crippen LogP contribution in [0, 0.1) is 5.92 Å². The Morgan fingerprint density at radius 2 is 2.00 bits per heavy atom. The number of amides is 3. The first kappa shape index (κ1) is 13.9. The van der Waals surface area contributed by atoms with Crippen molar-refractivity contribution < 1.29 is 9.59 Å². The van der Waals surface area contributed by atoms with E-state index < -0.39 is 0 Å². The number of halogens is 1. The van der Waals surface area contributed by atoms with Crippen LogP contribution >= 0.6 is 11.6 Å². The summed E-state index contributed by atoms with van der Waals surface area (Å²) in [5.41, 5.74) is 1.25. The van der Waals surface area contributed by atoms with Crippen LogP contribution < -0.4 is 5.32 Å². The minimum atomic E-state index is -0.293. The third-order valence-electron chi connectivity index (χ3n) is 3.26. The van der Waals surface area contributed by atoms with E-state index in [1.165, 1.54) is 10.5 Å². The van der Waals surface area contributed by atoms with Gasteiger partial charge in [-0.2, -0.15) is 0 Å². The van der Waals surface area contributed by atoms with E-state index in [0.29, 0.717) is 18.3 Å². The smallest absolute Gasteiger partial charge is 0.315 e. The van der Waals surface area contributed by atoms with Gasteiger partial charge in [-0.1, -0.05) is 30.3 Å². The van der Waals surface area contributed by atoms with Gasteiger partial charge in [-0.3, -0.25) is 10.1 Å². The number of rotatable bonds is 6. The third kappa shape index (κ3) is 3.96. The topological polar surface area (TPSA) is 49.4 Å². The number of hydrogen-bond donors (Lipinski definition) is 1. The second-order valence-electron chi connectivity index (χ2n) is 4.77. The lowest BCUT2D eigenvalue weighted by Crippen LogP contribution is -2.30. The number of imide groups is 1. The van der Waals surface area contributed by atoms with Crippen LogP contribution in [0.1, 0.15) is 12.0 Å². The Balaban J connectivity index is 1.83. The predicted molar refractivity (Wildman–Crippen MR) is 74.1 cm³/mol. The van der Waals surface area contributed by atoms with Gasteiger partial charge in [-0.05, 0) is 24.3 Å². The zero-order chi connectivity index (χ0) is 13.7. The van der Waals surface area contributed by atoms with Crippen molar-refractivity contribution in [3.8, 4) is 0 Å². The summed E-state index contributed by atoms with van der Waals surface area (Å²) in [6.07, 6.45) is 1.70. The van der Waals surface area contributed by atoms with Gasteiger partial charge in [0.05, 0.1) is 0 Å². The third-order valence-corrected chi connectivity index (χ3v) is 3.70. The SMILES string of the molecule is O=C1CN(CCC(CCl)Cc2ccccc2)C(=O)N1. The van der Waals surface area contributed by atoms with E-state index in [-0.39, 0.29) is 18.5 Å². The van der Waals surface area contributed by atoms with Crippen LogP contribution in [0.3, 0.4) is 0 Å². The lowest BCUT2D eigenvalue weighted by molar-refractivity contribution is -0.118. The van der Waals surface area contributed by atoms with Crippen LogP contribution in [-0.2, 0) is 11.2 Å². The Morgan fingerprint density at radius 3 is 2.58 bits per heavy atom. The largest absolute Gasteiger partial charge is 0.324 e. The fourth-order valence-electron chi connectivity index (χ4n) is 2.18. The monoisotopic (exact) mass is 280 g/mol. The van der Waals surface area contributed by atoms with Gasteiger partial charge >= 0.3 is 6.03 Å². The van der Waals surface area contributed by atoms with Crippen molar-refractivity contribution in [2.75, 3.05) is 19.0 Å². The molecule has 1 saturated heterocycles. The second-order valence-corrected chi connectivity index (χ2v) is 5.08. The van der Waals surface area contributed by atoms with Crippen LogP contribution in [0.15, 0.2) is 30.3 Å². The minimum Gasteiger partial charge on any atom is -0.315 e. The summed E-state index contributed by atoms with van der Waals surface area (Å²) >= 11 is 5.98. The molecule has 1 atom stereocenters. The zero-order valence-corrected chi connectivity index (χ0v) is 11.4. The molecule has 1 heterocycles. The van der Waals surface area contributed by atoms with Gasteiger partial charge in [0, 0.05) is 12.4 Å². The Morgan fingerprint density at radius 1 is 1.26 bits per heavy atom. The summed E-state index contributed by atoms with van der Waals surface area (Å²) < 4.78 is 0. The average molecular weight is 281 g/mol. The molecule has 0 radical (unpaired) electrons. The van der Waals surface area contributed by atoms with E-state index in [9.17, 15) is 9.59 Å². The number of hydrogen-bond acceptors (Lipinski definition) is 2. The molecule has 5 heteroatoms. The molecule has 1 aliphatic rings. The molecule has 0 aromatic heterocycles. The first-order valence-electron chi connectivity index (χ1n) is 6.37. The predicted octanol–water partition coefficient (Wildman–Crippen LogP) is 2.03. The first-order valence-corrected chi connectivity index (χ1v) is 6.91. The fraction of sp³-hybridized carbons (Fsp3) is 0.429. The van der Waals surface area contributed by atoms with E-state index >= 15 is 0 Å². The number of nitrogens with zero attached hydrogens (tertiary/aromatic N) is 1. The standard InChI is InChI=1S/C14H17ClN2O2/c15-9-12(8-11-4-2-1-3-5-11)6-7-17-10-13(18)16-14(17)19/h1-5,12H,6-10H2,(H,16,18,19). The van der Waals surface area contributed by atoms with Gasteiger partial charge in [-0.15, -0.1) is 11.6 Å². The molecule has 0 aliphatic carbocycles. The Bertz CT molecular complexity index is 450. The van der Waals surface area contributed by atoms with Crippen LogP contribution in [0.4, 0.5) is 4.79 Å². The minimum absolute atomic E-state index is 0.166. The summed E-state index contributed by atoms with van der Waals surface area (Å²) in [6, 6.07) is 9.86. The molecule has 0 spiro atoms. The van der Waals surface area contributed by atoms with Gasteiger partial charge in [-0.25, -0.2) is 4.79 Å². The summed E-state index contributed by atoms with van der Waals surface area (Å²) in [6.45, 7) is 0.737. The van der Waals surface area contributed by atoms with Crippen LogP contribution in [0.2, 0.25) is 0 Å². The molecule has 2 rings (SSSR count). The maximum Gasteiger partial charge on any atom is 0.324 e.